The van der Waals surface area contributed by atoms with Crippen LogP contribution in [0.3, 0.4) is 0 Å². The van der Waals surface area contributed by atoms with Crippen LogP contribution in [0.1, 0.15) is 24.5 Å². The highest BCUT2D eigenvalue weighted by molar-refractivity contribution is 8.55. The van der Waals surface area contributed by atoms with E-state index in [2.05, 4.69) is 5.09 Å². The topological polar surface area (TPSA) is 69.6 Å². The number of aliphatic hydroxyl groups excluding tert-OH is 1. The Bertz CT molecular complexity index is 712. The molecule has 0 heterocycles. The van der Waals surface area contributed by atoms with E-state index < -0.39 is 6.72 Å². The smallest absolute Gasteiger partial charge is 0.324 e. The molecule has 0 aromatic heterocycles. The third-order valence-corrected chi connectivity index (χ3v) is 8.00. The first-order valence-electron chi connectivity index (χ1n) is 7.72. The van der Waals surface area contributed by atoms with E-state index in [4.69, 9.17) is 0 Å². The molecule has 1 unspecified atom stereocenters. The van der Waals surface area contributed by atoms with E-state index in [1.807, 2.05) is 55.5 Å². The van der Waals surface area contributed by atoms with Crippen LogP contribution in [0.4, 0.5) is 0 Å². The normalized spacial score (nSPS) is 13.6. The van der Waals surface area contributed by atoms with Gasteiger partial charge in [-0.1, -0.05) is 66.5 Å². The van der Waals surface area contributed by atoms with Crippen LogP contribution in [0.25, 0.3) is 0 Å². The molecule has 0 spiro atoms. The van der Waals surface area contributed by atoms with E-state index >= 15 is 0 Å². The Morgan fingerprint density at radius 3 is 2.25 bits per heavy atom. The first-order valence-corrected chi connectivity index (χ1v) is 11.8. The van der Waals surface area contributed by atoms with E-state index in [0.717, 1.165) is 38.7 Å². The van der Waals surface area contributed by atoms with Gasteiger partial charge in [0.1, 0.15) is 0 Å². The van der Waals surface area contributed by atoms with Crippen LogP contribution in [0.2, 0.25) is 0 Å². The first-order chi connectivity index (χ1) is 11.6. The third kappa shape index (κ3) is 5.96. The lowest BCUT2D eigenvalue weighted by Crippen LogP contribution is -2.09. The van der Waals surface area contributed by atoms with Gasteiger partial charge in [0.05, 0.1) is 6.61 Å². The van der Waals surface area contributed by atoms with Crippen LogP contribution in [0, 0.1) is 0 Å². The van der Waals surface area contributed by atoms with Gasteiger partial charge in [0.15, 0.2) is 0 Å². The molecule has 130 valence electrons. The van der Waals surface area contributed by atoms with Crippen molar-refractivity contribution >= 4 is 29.9 Å². The molecule has 0 bridgehead atoms. The molecule has 2 rings (SSSR count). The highest BCUT2D eigenvalue weighted by Gasteiger charge is 2.18. The molecular formula is C17H22NO3PS2. The van der Waals surface area contributed by atoms with E-state index in [0.29, 0.717) is 12.3 Å². The largest absolute Gasteiger partial charge is 0.392 e. The summed E-state index contributed by atoms with van der Waals surface area (Å²) in [6.45, 7) is -1.07. The quantitative estimate of drug-likeness (QED) is 0.547. The zero-order valence-electron chi connectivity index (χ0n) is 13.5. The number of nitrogens with one attached hydrogen (secondary N) is 1. The second-order valence-corrected chi connectivity index (χ2v) is 10.5. The Hall–Kier alpha value is -0.750. The van der Waals surface area contributed by atoms with E-state index in [9.17, 15) is 14.6 Å². The number of hydrogen-bond acceptors (Lipinski definition) is 4. The van der Waals surface area contributed by atoms with Gasteiger partial charge in [-0.2, -0.15) is 0 Å². The van der Waals surface area contributed by atoms with Crippen molar-refractivity contribution in [2.45, 2.75) is 36.3 Å². The van der Waals surface area contributed by atoms with Crippen molar-refractivity contribution in [1.82, 2.24) is 5.09 Å². The minimum absolute atomic E-state index is 0.0108. The minimum Gasteiger partial charge on any atom is -0.392 e. The second kappa shape index (κ2) is 9.66. The van der Waals surface area contributed by atoms with Gasteiger partial charge in [0, 0.05) is 22.1 Å². The Labute approximate surface area is 151 Å². The predicted octanol–water partition coefficient (Wildman–Crippen LogP) is 4.66. The fourth-order valence-electron chi connectivity index (χ4n) is 2.05. The summed E-state index contributed by atoms with van der Waals surface area (Å²) in [5.74, 6) is 0.654. The number of aliphatic hydroxyl groups is 1. The Morgan fingerprint density at radius 1 is 1.04 bits per heavy atom. The Balaban J connectivity index is 2.11. The van der Waals surface area contributed by atoms with E-state index in [1.165, 1.54) is 0 Å². The molecule has 0 fully saturated rings. The molecule has 0 radical (unpaired) electrons. The fraction of sp³-hybridized carbons (Fsp3) is 0.294. The van der Waals surface area contributed by atoms with Crippen LogP contribution >= 0.6 is 29.9 Å². The van der Waals surface area contributed by atoms with Crippen LogP contribution < -0.4 is 5.09 Å². The van der Waals surface area contributed by atoms with Crippen molar-refractivity contribution in [3.05, 3.63) is 59.7 Å². The molecule has 0 amide bonds. The molecule has 0 aliphatic carbocycles. The Morgan fingerprint density at radius 2 is 1.62 bits per heavy atom. The van der Waals surface area contributed by atoms with Crippen LogP contribution in [-0.2, 0) is 17.7 Å². The molecule has 2 aromatic carbocycles. The molecule has 0 saturated carbocycles. The highest BCUT2D eigenvalue weighted by Crippen LogP contribution is 2.51. The fourth-order valence-corrected chi connectivity index (χ4v) is 5.76. The summed E-state index contributed by atoms with van der Waals surface area (Å²) < 4.78 is 12.1. The van der Waals surface area contributed by atoms with Crippen molar-refractivity contribution in [2.75, 3.05) is 5.75 Å². The summed E-state index contributed by atoms with van der Waals surface area (Å²) in [4.78, 5) is 11.9. The summed E-state index contributed by atoms with van der Waals surface area (Å²) in [6.07, 6.45) is 0.862. The zero-order valence-corrected chi connectivity index (χ0v) is 16.0. The van der Waals surface area contributed by atoms with E-state index in [1.54, 1.807) is 11.8 Å². The maximum Gasteiger partial charge on any atom is 0.324 e. The molecule has 0 aliphatic rings. The molecule has 0 aliphatic heterocycles. The third-order valence-electron chi connectivity index (χ3n) is 3.28. The first kappa shape index (κ1) is 19.6. The SMILES string of the molecule is CCCSP(=O)(O)NCc1ccccc1Sc1ccccc1CO. The molecule has 2 aromatic rings. The molecule has 1 atom stereocenters. The molecule has 0 saturated heterocycles. The van der Waals surface area contributed by atoms with Crippen molar-refractivity contribution < 1.29 is 14.6 Å². The second-order valence-electron chi connectivity index (χ2n) is 5.16. The van der Waals surface area contributed by atoms with Crippen LogP contribution in [0.15, 0.2) is 58.3 Å². The van der Waals surface area contributed by atoms with Gasteiger partial charge in [-0.25, -0.2) is 5.09 Å². The van der Waals surface area contributed by atoms with Crippen molar-refractivity contribution in [3.63, 3.8) is 0 Å². The average Bonchev–Trinajstić information content (AvgIpc) is 2.60. The predicted molar refractivity (Wildman–Crippen MR) is 102 cm³/mol. The van der Waals surface area contributed by atoms with Gasteiger partial charge in [-0.15, -0.1) is 0 Å². The molecule has 24 heavy (non-hydrogen) atoms. The summed E-state index contributed by atoms with van der Waals surface area (Å²) in [6, 6.07) is 15.5. The standard InChI is InChI=1S/C17H22NO3PS2/c1-2-11-23-22(20,21)18-12-14-7-3-5-9-16(14)24-17-10-6-4-8-15(17)13-19/h3-10,19H,2,11-13H2,1H3,(H2,18,20,21). The van der Waals surface area contributed by atoms with Crippen LogP contribution in [-0.4, -0.2) is 15.8 Å². The maximum absolute atomic E-state index is 12.1. The van der Waals surface area contributed by atoms with Gasteiger partial charge in [-0.05, 0) is 29.7 Å². The summed E-state index contributed by atoms with van der Waals surface area (Å²) in [5.41, 5.74) is 1.83. The lowest BCUT2D eigenvalue weighted by Gasteiger charge is -2.15. The molecule has 7 heteroatoms. The van der Waals surface area contributed by atoms with Crippen LogP contribution in [0.5, 0.6) is 0 Å². The minimum atomic E-state index is -3.37. The lowest BCUT2D eigenvalue weighted by molar-refractivity contribution is 0.279. The number of hydrogen-bond donors (Lipinski definition) is 3. The zero-order chi connectivity index (χ0) is 17.4. The van der Waals surface area contributed by atoms with Gasteiger partial charge >= 0.3 is 6.72 Å². The molecular weight excluding hydrogens is 361 g/mol. The van der Waals surface area contributed by atoms with Crippen molar-refractivity contribution in [2.24, 2.45) is 0 Å². The van der Waals surface area contributed by atoms with Gasteiger partial charge in [-0.3, -0.25) is 4.57 Å². The maximum atomic E-state index is 12.1. The number of rotatable bonds is 9. The molecule has 4 nitrogen and oxygen atoms in total. The average molecular weight is 383 g/mol. The van der Waals surface area contributed by atoms with E-state index in [-0.39, 0.29) is 6.61 Å². The van der Waals surface area contributed by atoms with Gasteiger partial charge < -0.3 is 10.00 Å². The van der Waals surface area contributed by atoms with Crippen molar-refractivity contribution in [1.29, 1.82) is 0 Å². The lowest BCUT2D eigenvalue weighted by atomic mass is 10.2. The highest BCUT2D eigenvalue weighted by atomic mass is 32.7. The summed E-state index contributed by atoms with van der Waals surface area (Å²) in [5, 5.41) is 12.2. The monoisotopic (exact) mass is 383 g/mol. The van der Waals surface area contributed by atoms with Crippen molar-refractivity contribution in [3.8, 4) is 0 Å². The van der Waals surface area contributed by atoms with Gasteiger partial charge in [0.25, 0.3) is 0 Å². The molecule has 3 N–H and O–H groups in total. The Kier molecular flexibility index (Phi) is 7.88. The van der Waals surface area contributed by atoms with Gasteiger partial charge in [0.2, 0.25) is 0 Å². The number of benzene rings is 2. The summed E-state index contributed by atoms with van der Waals surface area (Å²) >= 11 is 2.63. The summed E-state index contributed by atoms with van der Waals surface area (Å²) in [7, 11) is 0.